The molecule has 84 valence electrons. The van der Waals surface area contributed by atoms with Gasteiger partial charge in [-0.3, -0.25) is 0 Å². The summed E-state index contributed by atoms with van der Waals surface area (Å²) in [6, 6.07) is 0. The van der Waals surface area contributed by atoms with E-state index in [1.165, 1.54) is 17.6 Å². The summed E-state index contributed by atoms with van der Waals surface area (Å²) in [5.41, 5.74) is 5.11. The molecule has 0 unspecified atom stereocenters. The highest BCUT2D eigenvalue weighted by Gasteiger charge is 2.29. The minimum Gasteiger partial charge on any atom is -0.398 e. The third-order valence-electron chi connectivity index (χ3n) is 1.59. The molecule has 2 N–H and O–H groups in total. The topological polar surface area (TPSA) is 26.0 Å². The predicted octanol–water partition coefficient (Wildman–Crippen LogP) is 3.34. The molecule has 0 aliphatic rings. The maximum atomic E-state index is 12.2. The normalized spacial score (nSPS) is 15.4. The first-order chi connectivity index (χ1) is 6.82. The molecule has 0 heterocycles. The third-order valence-corrected chi connectivity index (χ3v) is 1.87. The van der Waals surface area contributed by atoms with Gasteiger partial charge in [-0.15, -0.1) is 12.6 Å². The van der Waals surface area contributed by atoms with E-state index >= 15 is 0 Å². The van der Waals surface area contributed by atoms with Crippen LogP contribution in [0.5, 0.6) is 0 Å². The molecule has 5 heteroatoms. The number of hydrogen-bond acceptors (Lipinski definition) is 2. The van der Waals surface area contributed by atoms with E-state index in [1.54, 1.807) is 0 Å². The van der Waals surface area contributed by atoms with Gasteiger partial charge in [0, 0.05) is 11.3 Å². The van der Waals surface area contributed by atoms with Crippen LogP contribution in [0.3, 0.4) is 0 Å². The molecule has 0 bridgehead atoms. The smallest absolute Gasteiger partial charge is 0.398 e. The van der Waals surface area contributed by atoms with Crippen molar-refractivity contribution in [3.63, 3.8) is 0 Å². The molecule has 0 radical (unpaired) electrons. The minimum absolute atomic E-state index is 0.154. The molecule has 0 saturated heterocycles. The molecule has 0 aromatic carbocycles. The van der Waals surface area contributed by atoms with Crippen LogP contribution in [0.2, 0.25) is 0 Å². The second-order valence-corrected chi connectivity index (χ2v) is 3.03. The van der Waals surface area contributed by atoms with Crippen molar-refractivity contribution in [3.05, 3.63) is 47.1 Å². The molecule has 1 nitrogen and oxygen atoms in total. The first-order valence-corrected chi connectivity index (χ1v) is 4.53. The zero-order chi connectivity index (χ0) is 12.1. The molecule has 0 spiro atoms. The molecule has 0 rings (SSSR count). The number of thiol groups is 1. The number of rotatable bonds is 3. The van der Waals surface area contributed by atoms with E-state index in [4.69, 9.17) is 5.73 Å². The van der Waals surface area contributed by atoms with E-state index in [0.29, 0.717) is 0 Å². The van der Waals surface area contributed by atoms with E-state index in [2.05, 4.69) is 19.2 Å². The molecule has 0 saturated carbocycles. The Labute approximate surface area is 92.3 Å². The summed E-state index contributed by atoms with van der Waals surface area (Å²) in [6.07, 6.45) is -0.655. The van der Waals surface area contributed by atoms with Crippen molar-refractivity contribution in [2.75, 3.05) is 0 Å². The summed E-state index contributed by atoms with van der Waals surface area (Å²) >= 11 is 3.77. The minimum atomic E-state index is -4.35. The van der Waals surface area contributed by atoms with Gasteiger partial charge in [0.1, 0.15) is 0 Å². The van der Waals surface area contributed by atoms with Crippen molar-refractivity contribution >= 4 is 12.6 Å². The monoisotopic (exact) mass is 235 g/mol. The highest BCUT2D eigenvalue weighted by atomic mass is 32.1. The van der Waals surface area contributed by atoms with Crippen molar-refractivity contribution in [2.45, 2.75) is 13.1 Å². The molecule has 0 aliphatic carbocycles. The maximum Gasteiger partial charge on any atom is 0.412 e. The molecule has 0 aliphatic heterocycles. The van der Waals surface area contributed by atoms with E-state index in [1.807, 2.05) is 0 Å². The Morgan fingerprint density at radius 1 is 1.40 bits per heavy atom. The van der Waals surface area contributed by atoms with Crippen LogP contribution in [0, 0.1) is 0 Å². The largest absolute Gasteiger partial charge is 0.412 e. The molecule has 0 aromatic heterocycles. The first kappa shape index (κ1) is 13.9. The van der Waals surface area contributed by atoms with Crippen molar-refractivity contribution in [2.24, 2.45) is 5.73 Å². The van der Waals surface area contributed by atoms with E-state index in [-0.39, 0.29) is 11.3 Å². The van der Waals surface area contributed by atoms with Crippen LogP contribution in [-0.2, 0) is 0 Å². The molecule has 0 amide bonds. The Hall–Kier alpha value is -1.10. The highest BCUT2D eigenvalue weighted by Crippen LogP contribution is 2.26. The van der Waals surface area contributed by atoms with Crippen LogP contribution >= 0.6 is 12.6 Å². The summed E-state index contributed by atoms with van der Waals surface area (Å²) in [6.45, 7) is 4.37. The number of nitrogens with two attached hydrogens (primary N) is 1. The molecule has 0 aromatic rings. The molecule has 0 fully saturated rings. The Morgan fingerprint density at radius 3 is 2.27 bits per heavy atom. The van der Waals surface area contributed by atoms with Crippen LogP contribution in [0.4, 0.5) is 13.2 Å². The molecular weight excluding hydrogens is 223 g/mol. The Kier molecular flexibility index (Phi) is 5.28. The van der Waals surface area contributed by atoms with Crippen molar-refractivity contribution in [3.8, 4) is 0 Å². The number of halogens is 3. The van der Waals surface area contributed by atoms with Gasteiger partial charge in [-0.2, -0.15) is 13.2 Å². The van der Waals surface area contributed by atoms with Crippen molar-refractivity contribution in [1.29, 1.82) is 0 Å². The zero-order valence-electron chi connectivity index (χ0n) is 8.17. The van der Waals surface area contributed by atoms with Crippen LogP contribution in [0.1, 0.15) is 6.92 Å². The average molecular weight is 235 g/mol. The van der Waals surface area contributed by atoms with Crippen molar-refractivity contribution < 1.29 is 13.2 Å². The van der Waals surface area contributed by atoms with Gasteiger partial charge in [0.25, 0.3) is 0 Å². The SMILES string of the molecule is C=C/C=C(\C=C(/C)C(F)(F)F)C(/N)=C/S. The summed E-state index contributed by atoms with van der Waals surface area (Å²) in [5.74, 6) is 0. The van der Waals surface area contributed by atoms with Crippen LogP contribution in [0.25, 0.3) is 0 Å². The van der Waals surface area contributed by atoms with Gasteiger partial charge in [0.15, 0.2) is 0 Å². The quantitative estimate of drug-likeness (QED) is 0.569. The summed E-state index contributed by atoms with van der Waals surface area (Å²) in [5, 5.41) is 1.23. The second-order valence-electron chi connectivity index (χ2n) is 2.77. The van der Waals surface area contributed by atoms with Gasteiger partial charge < -0.3 is 5.73 Å². The zero-order valence-corrected chi connectivity index (χ0v) is 9.07. The molecule has 0 atom stereocenters. The van der Waals surface area contributed by atoms with Gasteiger partial charge in [-0.05, 0) is 24.0 Å². The van der Waals surface area contributed by atoms with Gasteiger partial charge in [-0.25, -0.2) is 0 Å². The van der Waals surface area contributed by atoms with E-state index in [9.17, 15) is 13.2 Å². The highest BCUT2D eigenvalue weighted by molar-refractivity contribution is 7.83. The van der Waals surface area contributed by atoms with Crippen LogP contribution in [-0.4, -0.2) is 6.18 Å². The Morgan fingerprint density at radius 2 is 1.93 bits per heavy atom. The molecule has 15 heavy (non-hydrogen) atoms. The van der Waals surface area contributed by atoms with E-state index in [0.717, 1.165) is 13.0 Å². The summed E-state index contributed by atoms with van der Waals surface area (Å²) in [7, 11) is 0. The lowest BCUT2D eigenvalue weighted by Crippen LogP contribution is -2.10. The van der Waals surface area contributed by atoms with Crippen LogP contribution in [0.15, 0.2) is 47.1 Å². The number of alkyl halides is 3. The third kappa shape index (κ3) is 4.78. The Balaban J connectivity index is 5.18. The van der Waals surface area contributed by atoms with Gasteiger partial charge in [0.2, 0.25) is 0 Å². The summed E-state index contributed by atoms with van der Waals surface area (Å²) in [4.78, 5) is 0. The second kappa shape index (κ2) is 5.70. The predicted molar refractivity (Wildman–Crippen MR) is 59.3 cm³/mol. The number of hydrogen-bond donors (Lipinski definition) is 2. The standard InChI is InChI=1S/C10H12F3NS/c1-3-4-8(9(14)6-15)5-7(2)10(11,12)13/h3-6,15H,1,14H2,2H3/b7-5+,8-4+,9-6-. The average Bonchev–Trinajstić information content (AvgIpc) is 2.14. The fourth-order valence-electron chi connectivity index (χ4n) is 0.744. The number of allylic oxidation sites excluding steroid dienone is 4. The van der Waals surface area contributed by atoms with Gasteiger partial charge >= 0.3 is 6.18 Å². The lowest BCUT2D eigenvalue weighted by molar-refractivity contribution is -0.0913. The molecular formula is C10H12F3NS. The first-order valence-electron chi connectivity index (χ1n) is 4.01. The summed E-state index contributed by atoms with van der Waals surface area (Å²) < 4.78 is 36.6. The van der Waals surface area contributed by atoms with Gasteiger partial charge in [-0.1, -0.05) is 18.7 Å². The lowest BCUT2D eigenvalue weighted by atomic mass is 10.1. The van der Waals surface area contributed by atoms with Crippen LogP contribution < -0.4 is 5.73 Å². The van der Waals surface area contributed by atoms with E-state index < -0.39 is 11.7 Å². The fraction of sp³-hybridized carbons (Fsp3) is 0.200. The fourth-order valence-corrected chi connectivity index (χ4v) is 0.893. The van der Waals surface area contributed by atoms with Crippen molar-refractivity contribution in [1.82, 2.24) is 0 Å². The Bertz CT molecular complexity index is 324. The van der Waals surface area contributed by atoms with Gasteiger partial charge in [0.05, 0.1) is 0 Å². The lowest BCUT2D eigenvalue weighted by Gasteiger charge is -2.08. The maximum absolute atomic E-state index is 12.2.